The van der Waals surface area contributed by atoms with Crippen molar-refractivity contribution in [1.29, 1.82) is 0 Å². The van der Waals surface area contributed by atoms with Crippen LogP contribution >= 0.6 is 23.5 Å². The van der Waals surface area contributed by atoms with Crippen molar-refractivity contribution in [3.63, 3.8) is 0 Å². The molecule has 32 heavy (non-hydrogen) atoms. The van der Waals surface area contributed by atoms with Crippen LogP contribution in [0.5, 0.6) is 0 Å². The minimum atomic E-state index is -0.351. The molecule has 0 bridgehead atoms. The summed E-state index contributed by atoms with van der Waals surface area (Å²) in [6, 6.07) is 13.2. The highest BCUT2D eigenvalue weighted by Crippen LogP contribution is 2.34. The molecule has 162 valence electrons. The monoisotopic (exact) mass is 467 g/mol. The molecule has 7 nitrogen and oxygen atoms in total. The van der Waals surface area contributed by atoms with Crippen molar-refractivity contribution < 1.29 is 9.18 Å². The van der Waals surface area contributed by atoms with Gasteiger partial charge in [0.1, 0.15) is 11.2 Å². The van der Waals surface area contributed by atoms with E-state index in [4.69, 9.17) is 0 Å². The normalized spacial score (nSPS) is 15.1. The van der Waals surface area contributed by atoms with Crippen LogP contribution in [0.4, 0.5) is 10.1 Å². The second kappa shape index (κ2) is 8.44. The number of aromatic nitrogens is 4. The van der Waals surface area contributed by atoms with Crippen LogP contribution in [0.15, 0.2) is 69.6 Å². The van der Waals surface area contributed by atoms with Gasteiger partial charge in [-0.3, -0.25) is 14.2 Å². The Morgan fingerprint density at radius 3 is 2.81 bits per heavy atom. The number of carbonyl (C=O) groups excluding carboxylic acids is 1. The van der Waals surface area contributed by atoms with Gasteiger partial charge in [0.2, 0.25) is 5.91 Å². The van der Waals surface area contributed by atoms with Gasteiger partial charge in [-0.05, 0) is 42.7 Å². The number of nitrogens with zero attached hydrogens (tertiary/aromatic N) is 4. The Morgan fingerprint density at radius 2 is 2.03 bits per heavy atom. The predicted molar refractivity (Wildman–Crippen MR) is 124 cm³/mol. The Balaban J connectivity index is 1.44. The van der Waals surface area contributed by atoms with Crippen molar-refractivity contribution in [2.24, 2.45) is 0 Å². The third kappa shape index (κ3) is 3.69. The zero-order valence-corrected chi connectivity index (χ0v) is 18.6. The molecule has 1 atom stereocenters. The van der Waals surface area contributed by atoms with E-state index in [1.165, 1.54) is 34.8 Å². The molecule has 1 amide bonds. The van der Waals surface area contributed by atoms with Crippen molar-refractivity contribution in [3.05, 3.63) is 70.9 Å². The smallest absolute Gasteiger partial charge is 0.265 e. The van der Waals surface area contributed by atoms with E-state index in [1.54, 1.807) is 28.5 Å². The standard InChI is InChI=1S/C22H18FN5O2S2/c1-31-18-5-3-2-4-17(18)25-19(29)10-15-12-32-22-26-20-16(21(30)27(15)22)11-24-28(20)14-8-6-13(23)7-9-14/h2-9,11,15H,10,12H2,1H3,(H,25,29). The fourth-order valence-electron chi connectivity index (χ4n) is 3.72. The summed E-state index contributed by atoms with van der Waals surface area (Å²) in [5.74, 6) is 0.0751. The van der Waals surface area contributed by atoms with E-state index in [1.807, 2.05) is 30.5 Å². The molecule has 0 radical (unpaired) electrons. The number of amides is 1. The molecular formula is C22H18FN5O2S2. The summed E-state index contributed by atoms with van der Waals surface area (Å²) in [6.07, 6.45) is 3.59. The number of thioether (sulfide) groups is 2. The Labute approximate surface area is 191 Å². The second-order valence-corrected chi connectivity index (χ2v) is 9.09. The highest BCUT2D eigenvalue weighted by molar-refractivity contribution is 7.99. The van der Waals surface area contributed by atoms with Crippen LogP contribution in [-0.4, -0.2) is 37.2 Å². The van der Waals surface area contributed by atoms with E-state index in [-0.39, 0.29) is 29.7 Å². The van der Waals surface area contributed by atoms with Gasteiger partial charge in [0.15, 0.2) is 10.8 Å². The Hall–Kier alpha value is -3.11. The molecule has 0 saturated carbocycles. The Kier molecular flexibility index (Phi) is 5.48. The molecule has 1 unspecified atom stereocenters. The first-order valence-corrected chi connectivity index (χ1v) is 12.1. The van der Waals surface area contributed by atoms with E-state index >= 15 is 0 Å². The highest BCUT2D eigenvalue weighted by atomic mass is 32.2. The lowest BCUT2D eigenvalue weighted by Crippen LogP contribution is -2.27. The third-order valence-electron chi connectivity index (χ3n) is 5.24. The third-order valence-corrected chi connectivity index (χ3v) is 7.14. The molecule has 0 fully saturated rings. The van der Waals surface area contributed by atoms with Gasteiger partial charge in [-0.1, -0.05) is 23.9 Å². The van der Waals surface area contributed by atoms with Gasteiger partial charge in [0, 0.05) is 17.1 Å². The molecule has 10 heteroatoms. The lowest BCUT2D eigenvalue weighted by molar-refractivity contribution is -0.116. The number of para-hydroxylation sites is 1. The van der Waals surface area contributed by atoms with Crippen molar-refractivity contribution >= 4 is 46.2 Å². The van der Waals surface area contributed by atoms with Crippen LogP contribution in [0.3, 0.4) is 0 Å². The van der Waals surface area contributed by atoms with Crippen LogP contribution in [0.1, 0.15) is 12.5 Å². The van der Waals surface area contributed by atoms with E-state index in [0.717, 1.165) is 10.6 Å². The quantitative estimate of drug-likeness (QED) is 0.351. The summed E-state index contributed by atoms with van der Waals surface area (Å²) in [5.41, 5.74) is 1.56. The maximum absolute atomic E-state index is 13.3. The summed E-state index contributed by atoms with van der Waals surface area (Å²) < 4.78 is 16.4. The summed E-state index contributed by atoms with van der Waals surface area (Å²) in [7, 11) is 0. The minimum absolute atomic E-state index is 0.154. The first-order chi connectivity index (χ1) is 15.5. The van der Waals surface area contributed by atoms with E-state index in [0.29, 0.717) is 27.6 Å². The first kappa shape index (κ1) is 20.8. The molecule has 2 aromatic carbocycles. The van der Waals surface area contributed by atoms with E-state index in [9.17, 15) is 14.0 Å². The van der Waals surface area contributed by atoms with Gasteiger partial charge in [-0.25, -0.2) is 14.1 Å². The summed E-state index contributed by atoms with van der Waals surface area (Å²) in [4.78, 5) is 31.6. The summed E-state index contributed by atoms with van der Waals surface area (Å²) in [6.45, 7) is 0. The molecule has 0 spiro atoms. The van der Waals surface area contributed by atoms with E-state index in [2.05, 4.69) is 15.4 Å². The van der Waals surface area contributed by atoms with Gasteiger partial charge in [-0.2, -0.15) is 5.10 Å². The molecule has 1 aliphatic heterocycles. The number of nitrogens with one attached hydrogen (secondary N) is 1. The van der Waals surface area contributed by atoms with Crippen molar-refractivity contribution in [3.8, 4) is 5.69 Å². The van der Waals surface area contributed by atoms with E-state index < -0.39 is 0 Å². The molecule has 3 heterocycles. The van der Waals surface area contributed by atoms with Gasteiger partial charge in [-0.15, -0.1) is 11.8 Å². The van der Waals surface area contributed by atoms with Gasteiger partial charge < -0.3 is 5.32 Å². The van der Waals surface area contributed by atoms with Crippen LogP contribution < -0.4 is 10.9 Å². The number of anilines is 1. The molecule has 0 aliphatic carbocycles. The molecule has 1 aliphatic rings. The molecule has 2 aromatic heterocycles. The maximum Gasteiger partial charge on any atom is 0.265 e. The number of benzene rings is 2. The average Bonchev–Trinajstić information content (AvgIpc) is 3.40. The summed E-state index contributed by atoms with van der Waals surface area (Å²) in [5, 5.41) is 8.15. The maximum atomic E-state index is 13.3. The van der Waals surface area contributed by atoms with Crippen molar-refractivity contribution in [2.75, 3.05) is 17.3 Å². The largest absolute Gasteiger partial charge is 0.325 e. The minimum Gasteiger partial charge on any atom is -0.325 e. The van der Waals surface area contributed by atoms with Gasteiger partial charge >= 0.3 is 0 Å². The fourth-order valence-corrected chi connectivity index (χ4v) is 5.40. The van der Waals surface area contributed by atoms with Crippen LogP contribution in [0, 0.1) is 5.82 Å². The number of fused-ring (bicyclic) bond motifs is 2. The lowest BCUT2D eigenvalue weighted by Gasteiger charge is -2.14. The van der Waals surface area contributed by atoms with Crippen molar-refractivity contribution in [2.45, 2.75) is 22.5 Å². The van der Waals surface area contributed by atoms with Crippen molar-refractivity contribution in [1.82, 2.24) is 19.3 Å². The molecule has 1 N–H and O–H groups in total. The van der Waals surface area contributed by atoms with Crippen LogP contribution in [0.2, 0.25) is 0 Å². The number of rotatable bonds is 5. The fraction of sp³-hybridized carbons (Fsp3) is 0.182. The SMILES string of the molecule is CSc1ccccc1NC(=O)CC1CSc2nc3c(cnn3-c3ccc(F)cc3)c(=O)n21. The number of hydrogen-bond acceptors (Lipinski definition) is 6. The average molecular weight is 468 g/mol. The topological polar surface area (TPSA) is 81.8 Å². The Morgan fingerprint density at radius 1 is 1.25 bits per heavy atom. The molecule has 4 aromatic rings. The lowest BCUT2D eigenvalue weighted by atomic mass is 10.2. The molecule has 0 saturated heterocycles. The second-order valence-electron chi connectivity index (χ2n) is 7.26. The highest BCUT2D eigenvalue weighted by Gasteiger charge is 2.29. The first-order valence-electron chi connectivity index (χ1n) is 9.87. The predicted octanol–water partition coefficient (Wildman–Crippen LogP) is 4.12. The van der Waals surface area contributed by atoms with Crippen LogP contribution in [-0.2, 0) is 4.79 Å². The molecular weight excluding hydrogens is 449 g/mol. The zero-order chi connectivity index (χ0) is 22.2. The van der Waals surface area contributed by atoms with Gasteiger partial charge in [0.25, 0.3) is 5.56 Å². The molecule has 5 rings (SSSR count). The Bertz CT molecular complexity index is 1380. The summed E-state index contributed by atoms with van der Waals surface area (Å²) >= 11 is 3.00. The zero-order valence-electron chi connectivity index (χ0n) is 17.0. The van der Waals surface area contributed by atoms with Gasteiger partial charge in [0.05, 0.1) is 23.6 Å². The number of halogens is 1. The number of carbonyl (C=O) groups is 1. The van der Waals surface area contributed by atoms with Crippen LogP contribution in [0.25, 0.3) is 16.7 Å². The number of hydrogen-bond donors (Lipinski definition) is 1.